The lowest BCUT2D eigenvalue weighted by Gasteiger charge is -2.18. The van der Waals surface area contributed by atoms with Crippen LogP contribution in [-0.2, 0) is 23.8 Å². The first-order chi connectivity index (χ1) is 10.8. The molecule has 1 saturated heterocycles. The summed E-state index contributed by atoms with van der Waals surface area (Å²) in [4.78, 5) is 32.3. The topological polar surface area (TPSA) is 137 Å². The van der Waals surface area contributed by atoms with Crippen LogP contribution in [0.15, 0.2) is 6.20 Å². The number of nitrogens with zero attached hydrogens (tertiary/aromatic N) is 3. The molecule has 1 aromatic rings. The quantitative estimate of drug-likeness (QED) is 0.689. The first-order valence-corrected chi connectivity index (χ1v) is 8.26. The maximum Gasteiger partial charge on any atom is 0.416 e. The Morgan fingerprint density at radius 3 is 3.00 bits per heavy atom. The van der Waals surface area contributed by atoms with Gasteiger partial charge in [-0.2, -0.15) is 8.42 Å². The standard InChI is InChI=1S/C11H12N4O7S/c1-23(18,19)21-4-6-3-15(11(17)22-6)7-2-12-10-9(13-7)14-8(16)5-20-10/h2,6H,3-5H2,1H3,(H,13,14,16)/t6-/m1/s1. The molecule has 0 bridgehead atoms. The van der Waals surface area contributed by atoms with Crippen LogP contribution in [0.3, 0.4) is 0 Å². The molecule has 1 fully saturated rings. The predicted octanol–water partition coefficient (Wildman–Crippen LogP) is -0.891. The summed E-state index contributed by atoms with van der Waals surface area (Å²) in [6, 6.07) is 0. The van der Waals surface area contributed by atoms with Crippen LogP contribution in [0.5, 0.6) is 5.88 Å². The lowest BCUT2D eigenvalue weighted by molar-refractivity contribution is -0.118. The second kappa shape index (κ2) is 5.62. The number of aromatic nitrogens is 2. The van der Waals surface area contributed by atoms with E-state index < -0.39 is 22.3 Å². The van der Waals surface area contributed by atoms with Crippen molar-refractivity contribution in [3.05, 3.63) is 6.20 Å². The van der Waals surface area contributed by atoms with Crippen molar-refractivity contribution in [3.63, 3.8) is 0 Å². The van der Waals surface area contributed by atoms with Crippen LogP contribution < -0.4 is 15.0 Å². The first kappa shape index (κ1) is 15.4. The fourth-order valence-electron chi connectivity index (χ4n) is 1.98. The molecular formula is C11H12N4O7S. The van der Waals surface area contributed by atoms with E-state index in [1.165, 1.54) is 6.20 Å². The lowest BCUT2D eigenvalue weighted by Crippen LogP contribution is -2.30. The highest BCUT2D eigenvalue weighted by Crippen LogP contribution is 2.27. The molecule has 3 rings (SSSR count). The molecule has 2 aliphatic heterocycles. The van der Waals surface area contributed by atoms with E-state index >= 15 is 0 Å². The van der Waals surface area contributed by atoms with Gasteiger partial charge in [0.1, 0.15) is 12.7 Å². The molecule has 23 heavy (non-hydrogen) atoms. The monoisotopic (exact) mass is 344 g/mol. The zero-order valence-corrected chi connectivity index (χ0v) is 12.7. The van der Waals surface area contributed by atoms with Gasteiger partial charge in [0.25, 0.3) is 21.9 Å². The molecule has 1 aromatic heterocycles. The van der Waals surface area contributed by atoms with Crippen molar-refractivity contribution in [2.24, 2.45) is 0 Å². The molecule has 1 atom stereocenters. The van der Waals surface area contributed by atoms with E-state index in [1.54, 1.807) is 0 Å². The van der Waals surface area contributed by atoms with Gasteiger partial charge in [-0.05, 0) is 0 Å². The van der Waals surface area contributed by atoms with Crippen LogP contribution >= 0.6 is 0 Å². The number of rotatable bonds is 4. The maximum atomic E-state index is 11.9. The molecule has 2 aliphatic rings. The molecule has 0 saturated carbocycles. The average Bonchev–Trinajstić information content (AvgIpc) is 2.85. The fourth-order valence-corrected chi connectivity index (χ4v) is 2.38. The van der Waals surface area contributed by atoms with Crippen LogP contribution in [0.1, 0.15) is 0 Å². The molecule has 0 radical (unpaired) electrons. The molecule has 12 heteroatoms. The number of nitrogens with one attached hydrogen (secondary N) is 1. The number of amides is 2. The Morgan fingerprint density at radius 2 is 2.26 bits per heavy atom. The Morgan fingerprint density at radius 1 is 1.48 bits per heavy atom. The minimum atomic E-state index is -3.63. The lowest BCUT2D eigenvalue weighted by atomic mass is 10.4. The zero-order valence-electron chi connectivity index (χ0n) is 11.9. The maximum absolute atomic E-state index is 11.9. The van der Waals surface area contributed by atoms with Crippen molar-refractivity contribution in [2.45, 2.75) is 6.10 Å². The SMILES string of the molecule is CS(=O)(=O)OC[C@H]1CN(c2cnc3c(n2)NC(=O)CO3)C(=O)O1. The smallest absolute Gasteiger partial charge is 0.416 e. The number of carbonyl (C=O) groups is 2. The normalized spacial score (nSPS) is 20.6. The summed E-state index contributed by atoms with van der Waals surface area (Å²) in [7, 11) is -3.63. The van der Waals surface area contributed by atoms with Gasteiger partial charge in [-0.3, -0.25) is 13.9 Å². The third-order valence-corrected chi connectivity index (χ3v) is 3.51. The highest BCUT2D eigenvalue weighted by molar-refractivity contribution is 7.85. The number of hydrogen-bond donors (Lipinski definition) is 1. The number of hydrogen-bond acceptors (Lipinski definition) is 9. The van der Waals surface area contributed by atoms with Gasteiger partial charge in [0, 0.05) is 0 Å². The molecule has 3 heterocycles. The molecule has 0 aliphatic carbocycles. The van der Waals surface area contributed by atoms with Crippen molar-refractivity contribution < 1.29 is 31.7 Å². The molecule has 0 aromatic carbocycles. The van der Waals surface area contributed by atoms with Gasteiger partial charge in [0.15, 0.2) is 18.2 Å². The minimum Gasteiger partial charge on any atom is -0.465 e. The van der Waals surface area contributed by atoms with E-state index in [9.17, 15) is 18.0 Å². The Hall–Kier alpha value is -2.47. The Labute approximate surface area is 130 Å². The number of anilines is 2. The number of cyclic esters (lactones) is 1. The predicted molar refractivity (Wildman–Crippen MR) is 74.6 cm³/mol. The summed E-state index contributed by atoms with van der Waals surface area (Å²) in [5.41, 5.74) is 0. The van der Waals surface area contributed by atoms with Gasteiger partial charge < -0.3 is 14.8 Å². The van der Waals surface area contributed by atoms with Crippen LogP contribution in [-0.4, -0.2) is 62.5 Å². The fraction of sp³-hybridized carbons (Fsp3) is 0.455. The second-order valence-electron chi connectivity index (χ2n) is 4.82. The number of carbonyl (C=O) groups excluding carboxylic acids is 2. The molecule has 2 amide bonds. The van der Waals surface area contributed by atoms with Gasteiger partial charge in [-0.25, -0.2) is 14.8 Å². The Kier molecular flexibility index (Phi) is 3.77. The van der Waals surface area contributed by atoms with Crippen molar-refractivity contribution in [1.29, 1.82) is 0 Å². The van der Waals surface area contributed by atoms with Gasteiger partial charge in [-0.1, -0.05) is 0 Å². The second-order valence-corrected chi connectivity index (χ2v) is 6.47. The van der Waals surface area contributed by atoms with Crippen LogP contribution in [0, 0.1) is 0 Å². The van der Waals surface area contributed by atoms with Gasteiger partial charge in [-0.15, -0.1) is 0 Å². The minimum absolute atomic E-state index is 0.0383. The molecular weight excluding hydrogens is 332 g/mol. The molecule has 0 unspecified atom stereocenters. The molecule has 11 nitrogen and oxygen atoms in total. The first-order valence-electron chi connectivity index (χ1n) is 6.44. The largest absolute Gasteiger partial charge is 0.465 e. The van der Waals surface area contributed by atoms with Crippen LogP contribution in [0.25, 0.3) is 0 Å². The van der Waals surface area contributed by atoms with E-state index in [-0.39, 0.29) is 43.2 Å². The molecule has 0 spiro atoms. The summed E-state index contributed by atoms with van der Waals surface area (Å²) in [6.07, 6.45) is 0.710. The summed E-state index contributed by atoms with van der Waals surface area (Å²) < 4.78 is 36.6. The van der Waals surface area contributed by atoms with Gasteiger partial charge >= 0.3 is 6.09 Å². The van der Waals surface area contributed by atoms with Crippen molar-refractivity contribution in [3.8, 4) is 5.88 Å². The molecule has 124 valence electrons. The van der Waals surface area contributed by atoms with E-state index in [1.807, 2.05) is 0 Å². The highest BCUT2D eigenvalue weighted by atomic mass is 32.2. The Balaban J connectivity index is 1.73. The van der Waals surface area contributed by atoms with E-state index in [0.29, 0.717) is 0 Å². The van der Waals surface area contributed by atoms with Crippen LogP contribution in [0.4, 0.5) is 16.4 Å². The van der Waals surface area contributed by atoms with Crippen molar-refractivity contribution in [2.75, 3.05) is 36.2 Å². The summed E-state index contributed by atoms with van der Waals surface area (Å²) >= 11 is 0. The van der Waals surface area contributed by atoms with Crippen molar-refractivity contribution in [1.82, 2.24) is 9.97 Å². The van der Waals surface area contributed by atoms with E-state index in [4.69, 9.17) is 9.47 Å². The molecule has 1 N–H and O–H groups in total. The average molecular weight is 344 g/mol. The van der Waals surface area contributed by atoms with Gasteiger partial charge in [0.05, 0.1) is 19.0 Å². The number of ether oxygens (including phenoxy) is 2. The summed E-state index contributed by atoms with van der Waals surface area (Å²) in [5.74, 6) is 0.00837. The van der Waals surface area contributed by atoms with E-state index in [0.717, 1.165) is 11.2 Å². The third kappa shape index (κ3) is 3.48. The number of fused-ring (bicyclic) bond motifs is 1. The highest BCUT2D eigenvalue weighted by Gasteiger charge is 2.35. The Bertz CT molecular complexity index is 766. The zero-order chi connectivity index (χ0) is 16.6. The van der Waals surface area contributed by atoms with Crippen LogP contribution in [0.2, 0.25) is 0 Å². The van der Waals surface area contributed by atoms with E-state index in [2.05, 4.69) is 19.5 Å². The van der Waals surface area contributed by atoms with Gasteiger partial charge in [0.2, 0.25) is 0 Å². The summed E-state index contributed by atoms with van der Waals surface area (Å²) in [6.45, 7) is -0.409. The summed E-state index contributed by atoms with van der Waals surface area (Å²) in [5, 5.41) is 2.47. The van der Waals surface area contributed by atoms with Crippen molar-refractivity contribution >= 4 is 33.8 Å². The third-order valence-electron chi connectivity index (χ3n) is 2.94.